The summed E-state index contributed by atoms with van der Waals surface area (Å²) < 4.78 is 47.9. The smallest absolute Gasteiger partial charge is 0.417 e. The second-order valence-corrected chi connectivity index (χ2v) is 5.42. The number of halogens is 4. The van der Waals surface area contributed by atoms with E-state index in [-0.39, 0.29) is 17.0 Å². The number of aryl methyl sites for hydroxylation is 2. The average Bonchev–Trinajstić information content (AvgIpc) is 2.85. The molecule has 0 unspecified atom stereocenters. The van der Waals surface area contributed by atoms with Crippen molar-refractivity contribution in [2.24, 2.45) is 0 Å². The molecule has 1 amide bonds. The molecule has 10 heteroatoms. The fraction of sp³-hybridized carbons (Fsp3) is 0.267. The number of nitrogens with one attached hydrogen (secondary N) is 1. The fourth-order valence-electron chi connectivity index (χ4n) is 2.00. The lowest BCUT2D eigenvalue weighted by atomic mass is 10.2. The molecule has 0 aliphatic heterocycles. The van der Waals surface area contributed by atoms with Gasteiger partial charge >= 0.3 is 12.1 Å². The maximum Gasteiger partial charge on any atom is 0.417 e. The van der Waals surface area contributed by atoms with E-state index in [9.17, 15) is 22.8 Å². The summed E-state index contributed by atoms with van der Waals surface area (Å²) in [5, 5.41) is 5.28. The van der Waals surface area contributed by atoms with Crippen molar-refractivity contribution >= 4 is 29.2 Å². The van der Waals surface area contributed by atoms with Crippen LogP contribution in [0.4, 0.5) is 18.9 Å². The van der Waals surface area contributed by atoms with Crippen molar-refractivity contribution in [3.05, 3.63) is 45.8 Å². The molecule has 134 valence electrons. The Morgan fingerprint density at radius 3 is 2.56 bits per heavy atom. The number of rotatable bonds is 4. The fourth-order valence-corrected chi connectivity index (χ4v) is 2.22. The summed E-state index contributed by atoms with van der Waals surface area (Å²) in [4.78, 5) is 23.6. The number of ether oxygens (including phenoxy) is 1. The number of esters is 1. The van der Waals surface area contributed by atoms with Crippen LogP contribution in [0.1, 0.15) is 27.4 Å². The number of carbonyl (C=O) groups is 2. The predicted molar refractivity (Wildman–Crippen MR) is 81.3 cm³/mol. The molecule has 0 saturated heterocycles. The molecule has 0 atom stereocenters. The van der Waals surface area contributed by atoms with Crippen molar-refractivity contribution in [1.29, 1.82) is 0 Å². The summed E-state index contributed by atoms with van der Waals surface area (Å²) in [5.74, 6) is -1.40. The van der Waals surface area contributed by atoms with Gasteiger partial charge in [0.25, 0.3) is 5.91 Å². The minimum atomic E-state index is -4.66. The average molecular weight is 377 g/mol. The van der Waals surface area contributed by atoms with Crippen LogP contribution in [0, 0.1) is 13.8 Å². The molecule has 0 saturated carbocycles. The number of amides is 1. The molecule has 1 aromatic carbocycles. The lowest BCUT2D eigenvalue weighted by molar-refractivity contribution is -0.137. The van der Waals surface area contributed by atoms with E-state index in [1.54, 1.807) is 0 Å². The van der Waals surface area contributed by atoms with Crippen molar-refractivity contribution in [3.8, 4) is 0 Å². The monoisotopic (exact) mass is 376 g/mol. The summed E-state index contributed by atoms with van der Waals surface area (Å²) in [7, 11) is 0. The summed E-state index contributed by atoms with van der Waals surface area (Å²) >= 11 is 5.49. The van der Waals surface area contributed by atoms with Crippen LogP contribution < -0.4 is 5.32 Å². The SMILES string of the molecule is Cc1noc(C)c1C(=O)OCC(=O)Nc1ccc(Cl)c(C(F)(F)F)c1. The van der Waals surface area contributed by atoms with E-state index in [0.717, 1.165) is 6.07 Å². The largest absolute Gasteiger partial charge is 0.452 e. The van der Waals surface area contributed by atoms with Crippen LogP contribution in [0.2, 0.25) is 5.02 Å². The number of hydrogen-bond acceptors (Lipinski definition) is 5. The highest BCUT2D eigenvalue weighted by atomic mass is 35.5. The molecule has 0 radical (unpaired) electrons. The first-order valence-electron chi connectivity index (χ1n) is 6.86. The normalized spacial score (nSPS) is 11.3. The van der Waals surface area contributed by atoms with Crippen molar-refractivity contribution in [3.63, 3.8) is 0 Å². The van der Waals surface area contributed by atoms with Crippen molar-refractivity contribution in [2.75, 3.05) is 11.9 Å². The van der Waals surface area contributed by atoms with E-state index in [1.165, 1.54) is 19.9 Å². The topological polar surface area (TPSA) is 81.4 Å². The van der Waals surface area contributed by atoms with Gasteiger partial charge < -0.3 is 14.6 Å². The third kappa shape index (κ3) is 4.50. The standard InChI is InChI=1S/C15H12ClF3N2O4/c1-7-13(8(2)25-21-7)14(23)24-6-12(22)20-9-3-4-11(16)10(5-9)15(17,18)19/h3-5H,6H2,1-2H3,(H,20,22). The first kappa shape index (κ1) is 18.8. The van der Waals surface area contributed by atoms with E-state index in [2.05, 4.69) is 10.5 Å². The molecular formula is C15H12ClF3N2O4. The van der Waals surface area contributed by atoms with Crippen LogP contribution in [0.5, 0.6) is 0 Å². The van der Waals surface area contributed by atoms with Gasteiger partial charge in [-0.1, -0.05) is 16.8 Å². The Labute approximate surface area is 144 Å². The van der Waals surface area contributed by atoms with Crippen LogP contribution in [0.15, 0.2) is 22.7 Å². The minimum absolute atomic E-state index is 0.0960. The minimum Gasteiger partial charge on any atom is -0.452 e. The number of aromatic nitrogens is 1. The van der Waals surface area contributed by atoms with E-state index in [0.29, 0.717) is 11.8 Å². The third-order valence-corrected chi connectivity index (χ3v) is 3.46. The van der Waals surface area contributed by atoms with Gasteiger partial charge in [0.1, 0.15) is 11.3 Å². The Morgan fingerprint density at radius 1 is 1.32 bits per heavy atom. The predicted octanol–water partition coefficient (Wildman–Crippen LogP) is 3.76. The first-order valence-corrected chi connectivity index (χ1v) is 7.24. The Kier molecular flexibility index (Phi) is 5.36. The molecule has 0 aliphatic carbocycles. The highest BCUT2D eigenvalue weighted by molar-refractivity contribution is 6.31. The number of benzene rings is 1. The second kappa shape index (κ2) is 7.14. The van der Waals surface area contributed by atoms with Crippen molar-refractivity contribution < 1.29 is 32.0 Å². The lowest BCUT2D eigenvalue weighted by Gasteiger charge is -2.12. The Bertz CT molecular complexity index is 798. The second-order valence-electron chi connectivity index (χ2n) is 5.02. The van der Waals surface area contributed by atoms with Gasteiger partial charge in [0.05, 0.1) is 16.3 Å². The summed E-state index contributed by atoms with van der Waals surface area (Å²) in [6, 6.07) is 2.90. The van der Waals surface area contributed by atoms with Crippen LogP contribution in [-0.2, 0) is 15.7 Å². The molecule has 0 aliphatic rings. The van der Waals surface area contributed by atoms with Crippen LogP contribution in [-0.4, -0.2) is 23.6 Å². The Balaban J connectivity index is 2.00. The third-order valence-electron chi connectivity index (χ3n) is 3.13. The lowest BCUT2D eigenvalue weighted by Crippen LogP contribution is -2.21. The van der Waals surface area contributed by atoms with E-state index < -0.39 is 35.2 Å². The zero-order chi connectivity index (χ0) is 18.8. The van der Waals surface area contributed by atoms with E-state index in [4.69, 9.17) is 20.9 Å². The van der Waals surface area contributed by atoms with Crippen LogP contribution in [0.25, 0.3) is 0 Å². The van der Waals surface area contributed by atoms with Gasteiger partial charge in [0.15, 0.2) is 6.61 Å². The molecule has 1 N–H and O–H groups in total. The molecule has 0 spiro atoms. The zero-order valence-corrected chi connectivity index (χ0v) is 13.8. The Hall–Kier alpha value is -2.55. The van der Waals surface area contributed by atoms with Gasteiger partial charge in [0, 0.05) is 5.69 Å². The molecular weight excluding hydrogens is 365 g/mol. The van der Waals surface area contributed by atoms with Crippen molar-refractivity contribution in [1.82, 2.24) is 5.16 Å². The van der Waals surface area contributed by atoms with E-state index in [1.807, 2.05) is 0 Å². The number of anilines is 1. The molecule has 1 aromatic heterocycles. The summed E-state index contributed by atoms with van der Waals surface area (Å²) in [6.07, 6.45) is -4.66. The number of carbonyl (C=O) groups excluding carboxylic acids is 2. The quantitative estimate of drug-likeness (QED) is 0.822. The molecule has 0 fully saturated rings. The molecule has 2 aromatic rings. The van der Waals surface area contributed by atoms with Crippen molar-refractivity contribution in [2.45, 2.75) is 20.0 Å². The zero-order valence-electron chi connectivity index (χ0n) is 13.0. The maximum atomic E-state index is 12.8. The number of hydrogen-bond donors (Lipinski definition) is 1. The van der Waals surface area contributed by atoms with Crippen LogP contribution >= 0.6 is 11.6 Å². The van der Waals surface area contributed by atoms with Gasteiger partial charge in [-0.05, 0) is 32.0 Å². The van der Waals surface area contributed by atoms with Gasteiger partial charge in [-0.15, -0.1) is 0 Å². The number of nitrogens with zero attached hydrogens (tertiary/aromatic N) is 1. The number of alkyl halides is 3. The first-order chi connectivity index (χ1) is 11.6. The molecule has 0 bridgehead atoms. The van der Waals surface area contributed by atoms with Gasteiger partial charge in [-0.3, -0.25) is 4.79 Å². The van der Waals surface area contributed by atoms with Gasteiger partial charge in [-0.2, -0.15) is 13.2 Å². The molecule has 6 nitrogen and oxygen atoms in total. The highest BCUT2D eigenvalue weighted by Crippen LogP contribution is 2.36. The highest BCUT2D eigenvalue weighted by Gasteiger charge is 2.33. The van der Waals surface area contributed by atoms with Gasteiger partial charge in [0.2, 0.25) is 0 Å². The maximum absolute atomic E-state index is 12.8. The molecule has 1 heterocycles. The summed E-state index contributed by atoms with van der Waals surface area (Å²) in [5.41, 5.74) is -0.816. The Morgan fingerprint density at radius 2 is 2.00 bits per heavy atom. The van der Waals surface area contributed by atoms with E-state index >= 15 is 0 Å². The van der Waals surface area contributed by atoms with Gasteiger partial charge in [-0.25, -0.2) is 4.79 Å². The molecule has 2 rings (SSSR count). The van der Waals surface area contributed by atoms with Crippen LogP contribution in [0.3, 0.4) is 0 Å². The molecule has 25 heavy (non-hydrogen) atoms. The summed E-state index contributed by atoms with van der Waals surface area (Å²) in [6.45, 7) is 2.34.